The van der Waals surface area contributed by atoms with Crippen LogP contribution in [0.4, 0.5) is 8.78 Å². The molecular weight excluding hydrogens is 292 g/mol. The predicted molar refractivity (Wildman–Crippen MR) is 80.2 cm³/mol. The molecule has 3 N–H and O–H groups in total. The maximum atomic E-state index is 12.1. The number of benzene rings is 1. The van der Waals surface area contributed by atoms with Crippen molar-refractivity contribution in [3.63, 3.8) is 0 Å². The Bertz CT molecular complexity index is 490. The van der Waals surface area contributed by atoms with Crippen molar-refractivity contribution < 1.29 is 18.6 Å². The second-order valence-corrected chi connectivity index (χ2v) is 5.10. The molecule has 1 aliphatic carbocycles. The number of guanidine groups is 1. The van der Waals surface area contributed by atoms with Crippen molar-refractivity contribution in [2.24, 2.45) is 4.99 Å². The normalized spacial score (nSPS) is 16.5. The number of aliphatic imine (C=N–C) groups is 1. The van der Waals surface area contributed by atoms with Crippen molar-refractivity contribution in [1.82, 2.24) is 10.6 Å². The fraction of sp³-hybridized carbons (Fsp3) is 0.533. The third-order valence-corrected chi connectivity index (χ3v) is 3.17. The van der Waals surface area contributed by atoms with Gasteiger partial charge in [0, 0.05) is 12.6 Å². The van der Waals surface area contributed by atoms with Gasteiger partial charge in [0.15, 0.2) is 5.96 Å². The summed E-state index contributed by atoms with van der Waals surface area (Å²) in [6.07, 6.45) is 1.48. The van der Waals surface area contributed by atoms with E-state index in [9.17, 15) is 13.9 Å². The third kappa shape index (κ3) is 5.48. The highest BCUT2D eigenvalue weighted by Crippen LogP contribution is 2.20. The van der Waals surface area contributed by atoms with E-state index in [4.69, 9.17) is 0 Å². The maximum Gasteiger partial charge on any atom is 0.387 e. The standard InChI is InChI=1S/C15H21F2N3O2/c1-2-18-15(20-11-5-6-11)19-9-13(21)10-3-7-12(8-4-10)22-14(16)17/h3-4,7-8,11,13-14,21H,2,5-6,9H2,1H3,(H2,18,19,20). The largest absolute Gasteiger partial charge is 0.435 e. The molecule has 1 saturated carbocycles. The van der Waals surface area contributed by atoms with Crippen molar-refractivity contribution in [3.8, 4) is 5.75 Å². The molecule has 0 amide bonds. The van der Waals surface area contributed by atoms with Gasteiger partial charge >= 0.3 is 6.61 Å². The number of aliphatic hydroxyl groups is 1. The Morgan fingerprint density at radius 2 is 2.05 bits per heavy atom. The van der Waals surface area contributed by atoms with Crippen LogP contribution in [0.5, 0.6) is 5.75 Å². The average molecular weight is 313 g/mol. The van der Waals surface area contributed by atoms with Crippen LogP contribution < -0.4 is 15.4 Å². The summed E-state index contributed by atoms with van der Waals surface area (Å²) in [5.74, 6) is 0.750. The molecule has 122 valence electrons. The molecular formula is C15H21F2N3O2. The van der Waals surface area contributed by atoms with E-state index in [0.29, 0.717) is 17.6 Å². The average Bonchev–Trinajstić information content (AvgIpc) is 3.29. The highest BCUT2D eigenvalue weighted by Gasteiger charge is 2.22. The van der Waals surface area contributed by atoms with Crippen molar-refractivity contribution in [2.75, 3.05) is 13.1 Å². The minimum absolute atomic E-state index is 0.0678. The van der Waals surface area contributed by atoms with E-state index in [1.54, 1.807) is 12.1 Å². The highest BCUT2D eigenvalue weighted by atomic mass is 19.3. The van der Waals surface area contributed by atoms with E-state index in [2.05, 4.69) is 20.4 Å². The van der Waals surface area contributed by atoms with Gasteiger partial charge < -0.3 is 20.5 Å². The number of hydrogen-bond acceptors (Lipinski definition) is 3. The van der Waals surface area contributed by atoms with Gasteiger partial charge in [-0.1, -0.05) is 12.1 Å². The molecule has 2 rings (SSSR count). The first-order valence-corrected chi connectivity index (χ1v) is 7.36. The van der Waals surface area contributed by atoms with Crippen molar-refractivity contribution in [3.05, 3.63) is 29.8 Å². The van der Waals surface area contributed by atoms with Crippen LogP contribution in [0.1, 0.15) is 31.4 Å². The van der Waals surface area contributed by atoms with Crippen LogP contribution >= 0.6 is 0 Å². The van der Waals surface area contributed by atoms with E-state index in [0.717, 1.165) is 19.4 Å². The van der Waals surface area contributed by atoms with E-state index >= 15 is 0 Å². The molecule has 0 heterocycles. The first-order valence-electron chi connectivity index (χ1n) is 7.36. The number of halogens is 2. The minimum atomic E-state index is -2.85. The van der Waals surface area contributed by atoms with E-state index in [-0.39, 0.29) is 12.3 Å². The monoisotopic (exact) mass is 313 g/mol. The summed E-state index contributed by atoms with van der Waals surface area (Å²) in [4.78, 5) is 4.33. The smallest absolute Gasteiger partial charge is 0.387 e. The Labute approximate surface area is 128 Å². The summed E-state index contributed by atoms with van der Waals surface area (Å²) >= 11 is 0. The molecule has 0 radical (unpaired) electrons. The van der Waals surface area contributed by atoms with Crippen LogP contribution in [0.15, 0.2) is 29.3 Å². The highest BCUT2D eigenvalue weighted by molar-refractivity contribution is 5.80. The number of aliphatic hydroxyl groups excluding tert-OH is 1. The minimum Gasteiger partial charge on any atom is -0.435 e. The summed E-state index contributed by atoms with van der Waals surface area (Å²) in [5, 5.41) is 16.5. The Kier molecular flexibility index (Phi) is 5.94. The van der Waals surface area contributed by atoms with E-state index in [1.165, 1.54) is 12.1 Å². The Hall–Kier alpha value is -1.89. The summed E-state index contributed by atoms with van der Waals surface area (Å²) in [5.41, 5.74) is 0.604. The fourth-order valence-corrected chi connectivity index (χ4v) is 1.90. The van der Waals surface area contributed by atoms with Gasteiger partial charge in [-0.15, -0.1) is 0 Å². The topological polar surface area (TPSA) is 65.9 Å². The summed E-state index contributed by atoms with van der Waals surface area (Å²) < 4.78 is 28.4. The molecule has 0 bridgehead atoms. The van der Waals surface area contributed by atoms with Gasteiger partial charge in [-0.25, -0.2) is 0 Å². The Balaban J connectivity index is 1.90. The quantitative estimate of drug-likeness (QED) is 0.532. The summed E-state index contributed by atoms with van der Waals surface area (Å²) in [6, 6.07) is 6.39. The lowest BCUT2D eigenvalue weighted by Crippen LogP contribution is -2.38. The van der Waals surface area contributed by atoms with Gasteiger partial charge in [-0.3, -0.25) is 4.99 Å². The zero-order valence-electron chi connectivity index (χ0n) is 12.4. The molecule has 1 aliphatic rings. The van der Waals surface area contributed by atoms with Gasteiger partial charge in [0.25, 0.3) is 0 Å². The van der Waals surface area contributed by atoms with Crippen molar-refractivity contribution >= 4 is 5.96 Å². The second kappa shape index (κ2) is 7.93. The number of alkyl halides is 2. The summed E-state index contributed by atoms with van der Waals surface area (Å²) in [7, 11) is 0. The zero-order valence-corrected chi connectivity index (χ0v) is 12.4. The third-order valence-electron chi connectivity index (χ3n) is 3.17. The molecule has 0 spiro atoms. The van der Waals surface area contributed by atoms with Crippen LogP contribution in [0, 0.1) is 0 Å². The van der Waals surface area contributed by atoms with Crippen LogP contribution in [0.25, 0.3) is 0 Å². The first-order chi connectivity index (χ1) is 10.6. The van der Waals surface area contributed by atoms with Gasteiger partial charge in [-0.2, -0.15) is 8.78 Å². The van der Waals surface area contributed by atoms with Crippen molar-refractivity contribution in [1.29, 1.82) is 0 Å². The predicted octanol–water partition coefficient (Wildman–Crippen LogP) is 2.04. The van der Waals surface area contributed by atoms with Crippen LogP contribution in [0.3, 0.4) is 0 Å². The van der Waals surface area contributed by atoms with Crippen molar-refractivity contribution in [2.45, 2.75) is 38.5 Å². The van der Waals surface area contributed by atoms with Gasteiger partial charge in [0.05, 0.1) is 12.6 Å². The maximum absolute atomic E-state index is 12.1. The SMILES string of the molecule is CCNC(=NCC(O)c1ccc(OC(F)F)cc1)NC1CC1. The molecule has 22 heavy (non-hydrogen) atoms. The van der Waals surface area contributed by atoms with Gasteiger partial charge in [0.2, 0.25) is 0 Å². The van der Waals surface area contributed by atoms with Gasteiger partial charge in [0.1, 0.15) is 5.75 Å². The lowest BCUT2D eigenvalue weighted by atomic mass is 10.1. The number of hydrogen-bond donors (Lipinski definition) is 3. The molecule has 1 aromatic carbocycles. The molecule has 1 fully saturated rings. The molecule has 0 saturated heterocycles. The second-order valence-electron chi connectivity index (χ2n) is 5.10. The number of nitrogens with one attached hydrogen (secondary N) is 2. The number of ether oxygens (including phenoxy) is 1. The molecule has 5 nitrogen and oxygen atoms in total. The number of nitrogens with zero attached hydrogens (tertiary/aromatic N) is 1. The van der Waals surface area contributed by atoms with E-state index < -0.39 is 12.7 Å². The molecule has 1 atom stereocenters. The zero-order chi connectivity index (χ0) is 15.9. The van der Waals surface area contributed by atoms with E-state index in [1.807, 2.05) is 6.92 Å². The lowest BCUT2D eigenvalue weighted by Gasteiger charge is -2.13. The molecule has 1 unspecified atom stereocenters. The lowest BCUT2D eigenvalue weighted by molar-refractivity contribution is -0.0498. The molecule has 0 aliphatic heterocycles. The fourth-order valence-electron chi connectivity index (χ4n) is 1.90. The Morgan fingerprint density at radius 1 is 1.36 bits per heavy atom. The molecule has 7 heteroatoms. The van der Waals surface area contributed by atoms with Crippen LogP contribution in [-0.2, 0) is 0 Å². The van der Waals surface area contributed by atoms with Crippen LogP contribution in [-0.4, -0.2) is 36.8 Å². The molecule has 1 aromatic rings. The Morgan fingerprint density at radius 3 is 2.59 bits per heavy atom. The first kappa shape index (κ1) is 16.5. The van der Waals surface area contributed by atoms with Gasteiger partial charge in [-0.05, 0) is 37.5 Å². The summed E-state index contributed by atoms with van der Waals surface area (Å²) in [6.45, 7) is 0.0600. The van der Waals surface area contributed by atoms with Crippen LogP contribution in [0.2, 0.25) is 0 Å². The number of rotatable bonds is 7. The molecule has 0 aromatic heterocycles.